The Kier molecular flexibility index (Phi) is 6.04. The normalized spacial score (nSPS) is 23.8. The Morgan fingerprint density at radius 1 is 1.29 bits per heavy atom. The fourth-order valence-electron chi connectivity index (χ4n) is 3.22. The number of nitrogens with one attached hydrogen (secondary N) is 1. The van der Waals surface area contributed by atoms with Gasteiger partial charge in [0.25, 0.3) is 0 Å². The zero-order valence-electron chi connectivity index (χ0n) is 13.5. The second-order valence-corrected chi connectivity index (χ2v) is 6.48. The van der Waals surface area contributed by atoms with Crippen LogP contribution >= 0.6 is 0 Å². The molecule has 1 saturated carbocycles. The molecule has 0 spiro atoms. The Labute approximate surface area is 128 Å². The summed E-state index contributed by atoms with van der Waals surface area (Å²) in [6.07, 6.45) is 6.65. The molecule has 1 N–H and O–H groups in total. The van der Waals surface area contributed by atoms with Crippen molar-refractivity contribution in [3.8, 4) is 5.75 Å². The molecular formula is C18H28FNO. The molecule has 1 atom stereocenters. The van der Waals surface area contributed by atoms with Crippen LogP contribution in [-0.2, 0) is 0 Å². The van der Waals surface area contributed by atoms with Crippen LogP contribution in [0.15, 0.2) is 18.2 Å². The highest BCUT2D eigenvalue weighted by Crippen LogP contribution is 2.30. The average molecular weight is 293 g/mol. The van der Waals surface area contributed by atoms with Gasteiger partial charge in [-0.1, -0.05) is 38.7 Å². The van der Waals surface area contributed by atoms with Crippen molar-refractivity contribution in [2.24, 2.45) is 11.8 Å². The average Bonchev–Trinajstić information content (AvgIpc) is 2.49. The number of halogens is 1. The minimum Gasteiger partial charge on any atom is -0.497 e. The molecule has 1 aliphatic rings. The fraction of sp³-hybridized carbons (Fsp3) is 0.667. The number of benzene rings is 1. The van der Waals surface area contributed by atoms with E-state index in [-0.39, 0.29) is 11.9 Å². The third-order valence-corrected chi connectivity index (χ3v) is 4.81. The van der Waals surface area contributed by atoms with Gasteiger partial charge in [0.15, 0.2) is 0 Å². The predicted octanol–water partition coefficient (Wildman–Crippen LogP) is 4.70. The van der Waals surface area contributed by atoms with Crippen molar-refractivity contribution < 1.29 is 9.13 Å². The van der Waals surface area contributed by atoms with E-state index in [1.807, 2.05) is 19.1 Å². The van der Waals surface area contributed by atoms with Gasteiger partial charge in [0, 0.05) is 17.7 Å². The molecule has 1 aliphatic carbocycles. The van der Waals surface area contributed by atoms with Gasteiger partial charge < -0.3 is 10.1 Å². The molecule has 21 heavy (non-hydrogen) atoms. The lowest BCUT2D eigenvalue weighted by Crippen LogP contribution is -2.24. The van der Waals surface area contributed by atoms with E-state index in [4.69, 9.17) is 4.74 Å². The van der Waals surface area contributed by atoms with Crippen LogP contribution in [0.25, 0.3) is 0 Å². The molecule has 2 nitrogen and oxygen atoms in total. The van der Waals surface area contributed by atoms with E-state index in [1.165, 1.54) is 38.2 Å². The Bertz CT molecular complexity index is 441. The standard InChI is InChI=1S/C18H28FNO/c1-13-4-6-15(7-5-13)10-11-20-14(2)17-9-8-16(21-3)12-18(17)19/h8-9,12-15,20H,4-7,10-11H2,1-3H3. The topological polar surface area (TPSA) is 21.3 Å². The van der Waals surface area contributed by atoms with Crippen molar-refractivity contribution in [2.75, 3.05) is 13.7 Å². The van der Waals surface area contributed by atoms with Crippen molar-refractivity contribution >= 4 is 0 Å². The van der Waals surface area contributed by atoms with Crippen LogP contribution < -0.4 is 10.1 Å². The third kappa shape index (κ3) is 4.70. The van der Waals surface area contributed by atoms with Crippen LogP contribution in [0.4, 0.5) is 4.39 Å². The van der Waals surface area contributed by atoms with Gasteiger partial charge in [-0.2, -0.15) is 0 Å². The molecule has 1 unspecified atom stereocenters. The van der Waals surface area contributed by atoms with E-state index in [2.05, 4.69) is 12.2 Å². The van der Waals surface area contributed by atoms with Crippen LogP contribution in [0.1, 0.15) is 57.6 Å². The first-order valence-corrected chi connectivity index (χ1v) is 8.17. The molecule has 0 saturated heterocycles. The maximum Gasteiger partial charge on any atom is 0.131 e. The number of hydrogen-bond acceptors (Lipinski definition) is 2. The quantitative estimate of drug-likeness (QED) is 0.820. The van der Waals surface area contributed by atoms with Gasteiger partial charge in [-0.05, 0) is 37.8 Å². The Balaban J connectivity index is 1.78. The molecule has 1 fully saturated rings. The van der Waals surface area contributed by atoms with Crippen LogP contribution in [0.2, 0.25) is 0 Å². The molecule has 0 heterocycles. The van der Waals surface area contributed by atoms with Crippen LogP contribution in [-0.4, -0.2) is 13.7 Å². The minimum atomic E-state index is -0.194. The van der Waals surface area contributed by atoms with Gasteiger partial charge in [-0.15, -0.1) is 0 Å². The fourth-order valence-corrected chi connectivity index (χ4v) is 3.22. The smallest absolute Gasteiger partial charge is 0.131 e. The summed E-state index contributed by atoms with van der Waals surface area (Å²) in [6.45, 7) is 5.34. The first-order chi connectivity index (χ1) is 10.1. The molecule has 0 aromatic heterocycles. The van der Waals surface area contributed by atoms with Gasteiger partial charge in [0.1, 0.15) is 11.6 Å². The van der Waals surface area contributed by atoms with E-state index in [1.54, 1.807) is 7.11 Å². The lowest BCUT2D eigenvalue weighted by Gasteiger charge is -2.26. The SMILES string of the molecule is COc1ccc(C(C)NCCC2CCC(C)CC2)c(F)c1. The first kappa shape index (κ1) is 16.3. The minimum absolute atomic E-state index is 0.0402. The number of ether oxygens (including phenoxy) is 1. The molecule has 1 aromatic carbocycles. The van der Waals surface area contributed by atoms with Crippen LogP contribution in [0.3, 0.4) is 0 Å². The molecule has 0 bridgehead atoms. The highest BCUT2D eigenvalue weighted by Gasteiger charge is 2.18. The van der Waals surface area contributed by atoms with Gasteiger partial charge in [0.05, 0.1) is 7.11 Å². The molecule has 0 radical (unpaired) electrons. The predicted molar refractivity (Wildman–Crippen MR) is 85.1 cm³/mol. The monoisotopic (exact) mass is 293 g/mol. The lowest BCUT2D eigenvalue weighted by molar-refractivity contribution is 0.273. The molecule has 0 aliphatic heterocycles. The van der Waals surface area contributed by atoms with Gasteiger partial charge in [0.2, 0.25) is 0 Å². The second-order valence-electron chi connectivity index (χ2n) is 6.48. The van der Waals surface area contributed by atoms with E-state index in [0.29, 0.717) is 11.3 Å². The van der Waals surface area contributed by atoms with Gasteiger partial charge in [-0.25, -0.2) is 4.39 Å². The lowest BCUT2D eigenvalue weighted by atomic mass is 9.81. The Morgan fingerprint density at radius 2 is 2.00 bits per heavy atom. The Morgan fingerprint density at radius 3 is 2.62 bits per heavy atom. The molecule has 1 aromatic rings. The summed E-state index contributed by atoms with van der Waals surface area (Å²) in [5.74, 6) is 2.13. The number of methoxy groups -OCH3 is 1. The molecule has 3 heteroatoms. The van der Waals surface area contributed by atoms with E-state index >= 15 is 0 Å². The summed E-state index contributed by atoms with van der Waals surface area (Å²) in [4.78, 5) is 0. The van der Waals surface area contributed by atoms with E-state index in [0.717, 1.165) is 18.4 Å². The van der Waals surface area contributed by atoms with E-state index in [9.17, 15) is 4.39 Å². The maximum absolute atomic E-state index is 14.0. The summed E-state index contributed by atoms with van der Waals surface area (Å²) in [7, 11) is 1.56. The molecular weight excluding hydrogens is 265 g/mol. The van der Waals surface area contributed by atoms with Crippen LogP contribution in [0.5, 0.6) is 5.75 Å². The summed E-state index contributed by atoms with van der Waals surface area (Å²) in [5.41, 5.74) is 0.716. The van der Waals surface area contributed by atoms with Gasteiger partial charge in [-0.3, -0.25) is 0 Å². The molecule has 0 amide bonds. The number of rotatable bonds is 6. The van der Waals surface area contributed by atoms with Crippen LogP contribution in [0, 0.1) is 17.7 Å². The maximum atomic E-state index is 14.0. The Hall–Kier alpha value is -1.09. The number of hydrogen-bond donors (Lipinski definition) is 1. The highest BCUT2D eigenvalue weighted by molar-refractivity contribution is 5.30. The summed E-state index contributed by atoms with van der Waals surface area (Å²) >= 11 is 0. The van der Waals surface area contributed by atoms with Crippen molar-refractivity contribution in [1.82, 2.24) is 5.32 Å². The summed E-state index contributed by atoms with van der Waals surface area (Å²) < 4.78 is 19.0. The van der Waals surface area contributed by atoms with E-state index < -0.39 is 0 Å². The summed E-state index contributed by atoms with van der Waals surface area (Å²) in [6, 6.07) is 5.13. The van der Waals surface area contributed by atoms with Crippen molar-refractivity contribution in [3.63, 3.8) is 0 Å². The third-order valence-electron chi connectivity index (χ3n) is 4.81. The van der Waals surface area contributed by atoms with Crippen molar-refractivity contribution in [2.45, 2.75) is 52.0 Å². The van der Waals surface area contributed by atoms with Gasteiger partial charge >= 0.3 is 0 Å². The second kappa shape index (κ2) is 7.79. The first-order valence-electron chi connectivity index (χ1n) is 8.17. The largest absolute Gasteiger partial charge is 0.497 e. The zero-order valence-corrected chi connectivity index (χ0v) is 13.5. The van der Waals surface area contributed by atoms with Crippen molar-refractivity contribution in [1.29, 1.82) is 0 Å². The zero-order chi connectivity index (χ0) is 15.2. The van der Waals surface area contributed by atoms with Crippen molar-refractivity contribution in [3.05, 3.63) is 29.6 Å². The highest BCUT2D eigenvalue weighted by atomic mass is 19.1. The molecule has 2 rings (SSSR count). The summed E-state index contributed by atoms with van der Waals surface area (Å²) in [5, 5.41) is 3.45. The molecule has 118 valence electrons.